The summed E-state index contributed by atoms with van der Waals surface area (Å²) in [6, 6.07) is 4.21. The third-order valence-electron chi connectivity index (χ3n) is 3.22. The minimum Gasteiger partial charge on any atom is -0.491 e. The molecule has 0 aliphatic heterocycles. The van der Waals surface area contributed by atoms with E-state index in [1.54, 1.807) is 7.11 Å². The summed E-state index contributed by atoms with van der Waals surface area (Å²) in [7, 11) is 1.70. The molecule has 0 amide bonds. The molecule has 0 bridgehead atoms. The van der Waals surface area contributed by atoms with Gasteiger partial charge >= 0.3 is 0 Å². The van der Waals surface area contributed by atoms with E-state index in [0.29, 0.717) is 6.61 Å². The smallest absolute Gasteiger partial charge is 0.142 e. The summed E-state index contributed by atoms with van der Waals surface area (Å²) >= 11 is 0. The van der Waals surface area contributed by atoms with Gasteiger partial charge in [0.15, 0.2) is 0 Å². The Labute approximate surface area is 103 Å². The van der Waals surface area contributed by atoms with Crippen LogP contribution in [0.3, 0.4) is 0 Å². The first-order valence-corrected chi connectivity index (χ1v) is 6.34. The highest BCUT2D eigenvalue weighted by molar-refractivity contribution is 5.57. The molecule has 0 aromatic heterocycles. The predicted molar refractivity (Wildman–Crippen MR) is 69.5 cm³/mol. The number of methoxy groups -OCH3 is 1. The van der Waals surface area contributed by atoms with E-state index in [2.05, 4.69) is 12.1 Å². The van der Waals surface area contributed by atoms with Crippen LogP contribution in [0.2, 0.25) is 0 Å². The third kappa shape index (κ3) is 3.13. The Morgan fingerprint density at radius 3 is 2.53 bits per heavy atom. The van der Waals surface area contributed by atoms with Gasteiger partial charge in [0.05, 0.1) is 12.3 Å². The van der Waals surface area contributed by atoms with Crippen molar-refractivity contribution in [3.8, 4) is 5.75 Å². The van der Waals surface area contributed by atoms with Gasteiger partial charge in [-0.3, -0.25) is 0 Å². The lowest BCUT2D eigenvalue weighted by molar-refractivity contribution is 0.172. The molecule has 1 aromatic carbocycles. The van der Waals surface area contributed by atoms with E-state index >= 15 is 0 Å². The predicted octanol–water partition coefficient (Wildman–Crippen LogP) is 2.56. The molecule has 1 aliphatic rings. The lowest BCUT2D eigenvalue weighted by atomic mass is 9.91. The van der Waals surface area contributed by atoms with Crippen molar-refractivity contribution in [3.63, 3.8) is 0 Å². The Bertz CT molecular complexity index is 377. The highest BCUT2D eigenvalue weighted by Gasteiger charge is 2.12. The second kappa shape index (κ2) is 5.92. The molecular weight excluding hydrogens is 214 g/mol. The molecule has 0 radical (unpaired) electrons. The number of rotatable bonds is 5. The van der Waals surface area contributed by atoms with Gasteiger partial charge in [-0.25, -0.2) is 0 Å². The number of fused-ring (bicyclic) bond motifs is 1. The van der Waals surface area contributed by atoms with Crippen LogP contribution in [0.15, 0.2) is 12.1 Å². The molecule has 1 aromatic rings. The molecule has 0 saturated heterocycles. The summed E-state index contributed by atoms with van der Waals surface area (Å²) in [6.07, 6.45) is 5.76. The van der Waals surface area contributed by atoms with E-state index in [4.69, 9.17) is 15.2 Å². The molecule has 0 saturated carbocycles. The summed E-state index contributed by atoms with van der Waals surface area (Å²) in [5.74, 6) is 0.835. The molecule has 3 heteroatoms. The zero-order valence-corrected chi connectivity index (χ0v) is 10.5. The van der Waals surface area contributed by atoms with Gasteiger partial charge in [-0.05, 0) is 48.9 Å². The summed E-state index contributed by atoms with van der Waals surface area (Å²) < 4.78 is 10.7. The van der Waals surface area contributed by atoms with Gasteiger partial charge in [0.1, 0.15) is 5.75 Å². The van der Waals surface area contributed by atoms with Crippen LogP contribution >= 0.6 is 0 Å². The number of anilines is 1. The SMILES string of the molecule is COCCCOc1cc2c(cc1N)CCCC2. The van der Waals surface area contributed by atoms with Crippen molar-refractivity contribution in [2.24, 2.45) is 0 Å². The molecule has 2 rings (SSSR count). The van der Waals surface area contributed by atoms with Gasteiger partial charge in [-0.1, -0.05) is 0 Å². The number of hydrogen-bond acceptors (Lipinski definition) is 3. The van der Waals surface area contributed by atoms with Gasteiger partial charge < -0.3 is 15.2 Å². The fraction of sp³-hybridized carbons (Fsp3) is 0.571. The molecule has 0 atom stereocenters. The number of ether oxygens (including phenoxy) is 2. The van der Waals surface area contributed by atoms with E-state index in [9.17, 15) is 0 Å². The Kier molecular flexibility index (Phi) is 4.26. The summed E-state index contributed by atoms with van der Waals surface area (Å²) in [5.41, 5.74) is 9.58. The molecule has 1 aliphatic carbocycles. The van der Waals surface area contributed by atoms with Crippen molar-refractivity contribution in [1.29, 1.82) is 0 Å². The summed E-state index contributed by atoms with van der Waals surface area (Å²) in [4.78, 5) is 0. The number of aryl methyl sites for hydroxylation is 2. The monoisotopic (exact) mass is 235 g/mol. The fourth-order valence-electron chi connectivity index (χ4n) is 2.29. The van der Waals surface area contributed by atoms with Crippen molar-refractivity contribution in [1.82, 2.24) is 0 Å². The van der Waals surface area contributed by atoms with Gasteiger partial charge in [0, 0.05) is 20.1 Å². The quantitative estimate of drug-likeness (QED) is 0.630. The van der Waals surface area contributed by atoms with E-state index in [-0.39, 0.29) is 0 Å². The van der Waals surface area contributed by atoms with Crippen LogP contribution in [0, 0.1) is 0 Å². The first kappa shape index (κ1) is 12.2. The van der Waals surface area contributed by atoms with Crippen LogP contribution < -0.4 is 10.5 Å². The molecule has 0 unspecified atom stereocenters. The Hall–Kier alpha value is -1.22. The minimum absolute atomic E-state index is 0.664. The first-order chi connectivity index (χ1) is 8.31. The lowest BCUT2D eigenvalue weighted by Gasteiger charge is -2.18. The van der Waals surface area contributed by atoms with Gasteiger partial charge in [0.25, 0.3) is 0 Å². The Balaban J connectivity index is 2.01. The average molecular weight is 235 g/mol. The maximum atomic E-state index is 6.00. The van der Waals surface area contributed by atoms with Crippen LogP contribution in [0.5, 0.6) is 5.75 Å². The van der Waals surface area contributed by atoms with Crippen LogP contribution in [0.25, 0.3) is 0 Å². The second-order valence-electron chi connectivity index (χ2n) is 4.56. The standard InChI is InChI=1S/C14H21NO2/c1-16-7-4-8-17-14-10-12-6-3-2-5-11(12)9-13(14)15/h9-10H,2-8,15H2,1H3. The molecule has 0 spiro atoms. The largest absolute Gasteiger partial charge is 0.491 e. The lowest BCUT2D eigenvalue weighted by Crippen LogP contribution is -2.07. The highest BCUT2D eigenvalue weighted by Crippen LogP contribution is 2.30. The topological polar surface area (TPSA) is 44.5 Å². The molecule has 0 fully saturated rings. The van der Waals surface area contributed by atoms with Crippen LogP contribution in [-0.4, -0.2) is 20.3 Å². The summed E-state index contributed by atoms with van der Waals surface area (Å²) in [6.45, 7) is 1.39. The Morgan fingerprint density at radius 2 is 1.82 bits per heavy atom. The molecule has 94 valence electrons. The van der Waals surface area contributed by atoms with Gasteiger partial charge in [-0.2, -0.15) is 0 Å². The van der Waals surface area contributed by atoms with Crippen molar-refractivity contribution in [2.75, 3.05) is 26.1 Å². The maximum Gasteiger partial charge on any atom is 0.142 e. The minimum atomic E-state index is 0.664. The van der Waals surface area contributed by atoms with Crippen molar-refractivity contribution < 1.29 is 9.47 Å². The van der Waals surface area contributed by atoms with E-state index < -0.39 is 0 Å². The molecule has 3 nitrogen and oxygen atoms in total. The zero-order valence-electron chi connectivity index (χ0n) is 10.5. The number of benzene rings is 1. The maximum absolute atomic E-state index is 6.00. The van der Waals surface area contributed by atoms with E-state index in [1.165, 1.54) is 24.0 Å². The third-order valence-corrected chi connectivity index (χ3v) is 3.22. The van der Waals surface area contributed by atoms with E-state index in [0.717, 1.165) is 37.3 Å². The first-order valence-electron chi connectivity index (χ1n) is 6.34. The normalized spacial score (nSPS) is 14.4. The Morgan fingerprint density at radius 1 is 1.12 bits per heavy atom. The van der Waals surface area contributed by atoms with Crippen molar-refractivity contribution in [2.45, 2.75) is 32.1 Å². The number of nitrogens with two attached hydrogens (primary N) is 1. The van der Waals surface area contributed by atoms with Gasteiger partial charge in [0.2, 0.25) is 0 Å². The van der Waals surface area contributed by atoms with Crippen LogP contribution in [0.1, 0.15) is 30.4 Å². The molecule has 0 heterocycles. The summed E-state index contributed by atoms with van der Waals surface area (Å²) in [5, 5.41) is 0. The van der Waals surface area contributed by atoms with Crippen molar-refractivity contribution >= 4 is 5.69 Å². The fourth-order valence-corrected chi connectivity index (χ4v) is 2.29. The van der Waals surface area contributed by atoms with E-state index in [1.807, 2.05) is 0 Å². The van der Waals surface area contributed by atoms with Crippen molar-refractivity contribution in [3.05, 3.63) is 23.3 Å². The van der Waals surface area contributed by atoms with Crippen LogP contribution in [-0.2, 0) is 17.6 Å². The molecular formula is C14H21NO2. The van der Waals surface area contributed by atoms with Crippen LogP contribution in [0.4, 0.5) is 5.69 Å². The average Bonchev–Trinajstić information content (AvgIpc) is 2.35. The number of hydrogen-bond donors (Lipinski definition) is 1. The highest BCUT2D eigenvalue weighted by atomic mass is 16.5. The second-order valence-corrected chi connectivity index (χ2v) is 4.56. The zero-order chi connectivity index (χ0) is 12.1. The molecule has 2 N–H and O–H groups in total. The molecule has 17 heavy (non-hydrogen) atoms. The number of nitrogen functional groups attached to an aromatic ring is 1. The van der Waals surface area contributed by atoms with Gasteiger partial charge in [-0.15, -0.1) is 0 Å².